The zero-order valence-electron chi connectivity index (χ0n) is 10.3. The Morgan fingerprint density at radius 1 is 1.47 bits per heavy atom. The van der Waals surface area contributed by atoms with Crippen molar-refractivity contribution < 1.29 is 4.79 Å². The van der Waals surface area contributed by atoms with Crippen molar-refractivity contribution in [3.05, 3.63) is 35.4 Å². The van der Waals surface area contributed by atoms with Crippen molar-refractivity contribution in [2.24, 2.45) is 11.7 Å². The lowest BCUT2D eigenvalue weighted by atomic mass is 9.90. The second-order valence-electron chi connectivity index (χ2n) is 4.82. The van der Waals surface area contributed by atoms with E-state index in [0.29, 0.717) is 12.0 Å². The van der Waals surface area contributed by atoms with Crippen molar-refractivity contribution in [3.63, 3.8) is 0 Å². The minimum Gasteiger partial charge on any atom is -0.330 e. The molecule has 1 heterocycles. The van der Waals surface area contributed by atoms with Crippen LogP contribution < -0.4 is 11.1 Å². The van der Waals surface area contributed by atoms with Crippen LogP contribution in [0.2, 0.25) is 0 Å². The minimum atomic E-state index is 0.127. The molecule has 0 aromatic heterocycles. The fourth-order valence-electron chi connectivity index (χ4n) is 2.38. The predicted octanol–water partition coefficient (Wildman–Crippen LogP) is 1.89. The predicted molar refractivity (Wildman–Crippen MR) is 69.0 cm³/mol. The number of benzene rings is 1. The van der Waals surface area contributed by atoms with Crippen molar-refractivity contribution in [3.8, 4) is 0 Å². The van der Waals surface area contributed by atoms with Crippen LogP contribution in [0, 0.1) is 5.92 Å². The van der Waals surface area contributed by atoms with Crippen molar-refractivity contribution in [1.82, 2.24) is 5.32 Å². The maximum atomic E-state index is 11.3. The average Bonchev–Trinajstić information content (AvgIpc) is 2.39. The maximum Gasteiger partial charge on any atom is 0.159 e. The molecule has 1 aliphatic heterocycles. The Bertz CT molecular complexity index is 395. The molecule has 1 saturated heterocycles. The van der Waals surface area contributed by atoms with Gasteiger partial charge in [0.25, 0.3) is 0 Å². The summed E-state index contributed by atoms with van der Waals surface area (Å²) < 4.78 is 0. The fraction of sp³-hybridized carbons (Fsp3) is 0.500. The van der Waals surface area contributed by atoms with Crippen LogP contribution in [0.15, 0.2) is 24.3 Å². The van der Waals surface area contributed by atoms with Gasteiger partial charge in [-0.25, -0.2) is 0 Å². The summed E-state index contributed by atoms with van der Waals surface area (Å²) in [4.78, 5) is 11.3. The molecular weight excluding hydrogens is 212 g/mol. The molecule has 0 radical (unpaired) electrons. The molecule has 0 saturated carbocycles. The highest BCUT2D eigenvalue weighted by Gasteiger charge is 2.20. The molecule has 2 unspecified atom stereocenters. The first-order valence-electron chi connectivity index (χ1n) is 6.25. The molecule has 0 amide bonds. The highest BCUT2D eigenvalue weighted by molar-refractivity contribution is 5.94. The lowest BCUT2D eigenvalue weighted by Crippen LogP contribution is -2.36. The Morgan fingerprint density at radius 3 is 2.88 bits per heavy atom. The number of rotatable bonds is 3. The van der Waals surface area contributed by atoms with Gasteiger partial charge in [-0.3, -0.25) is 4.79 Å². The monoisotopic (exact) mass is 232 g/mol. The summed E-state index contributed by atoms with van der Waals surface area (Å²) in [6.45, 7) is 3.34. The number of Topliss-reactive ketones (excluding diaryl/α,β-unsaturated/α-hetero) is 1. The van der Waals surface area contributed by atoms with Crippen LogP contribution in [0.25, 0.3) is 0 Å². The van der Waals surface area contributed by atoms with Gasteiger partial charge in [-0.05, 0) is 50.4 Å². The summed E-state index contributed by atoms with van der Waals surface area (Å²) in [6, 6.07) is 8.30. The summed E-state index contributed by atoms with van der Waals surface area (Å²) in [5.74, 6) is 0.727. The first kappa shape index (κ1) is 12.3. The van der Waals surface area contributed by atoms with E-state index in [-0.39, 0.29) is 5.78 Å². The Morgan fingerprint density at radius 2 is 2.29 bits per heavy atom. The van der Waals surface area contributed by atoms with Gasteiger partial charge in [0, 0.05) is 11.6 Å². The number of nitrogens with two attached hydrogens (primary N) is 1. The summed E-state index contributed by atoms with van der Waals surface area (Å²) >= 11 is 0. The van der Waals surface area contributed by atoms with E-state index in [1.807, 2.05) is 18.2 Å². The van der Waals surface area contributed by atoms with E-state index in [4.69, 9.17) is 5.73 Å². The topological polar surface area (TPSA) is 55.1 Å². The average molecular weight is 232 g/mol. The number of carbonyl (C=O) groups is 1. The quantitative estimate of drug-likeness (QED) is 0.782. The van der Waals surface area contributed by atoms with Gasteiger partial charge in [-0.2, -0.15) is 0 Å². The van der Waals surface area contributed by atoms with Gasteiger partial charge in [0.15, 0.2) is 5.78 Å². The van der Waals surface area contributed by atoms with Crippen LogP contribution in [0.1, 0.15) is 41.7 Å². The van der Waals surface area contributed by atoms with E-state index < -0.39 is 0 Å². The molecule has 1 fully saturated rings. The van der Waals surface area contributed by atoms with Crippen molar-refractivity contribution >= 4 is 5.78 Å². The third-order valence-electron chi connectivity index (χ3n) is 3.55. The second-order valence-corrected chi connectivity index (χ2v) is 4.82. The molecule has 3 heteroatoms. The molecule has 2 rings (SSSR count). The SMILES string of the molecule is CC(=O)c1cccc(C2CCC(CN)CN2)c1. The number of hydrogen-bond acceptors (Lipinski definition) is 3. The van der Waals surface area contributed by atoms with Crippen molar-refractivity contribution in [1.29, 1.82) is 0 Å². The lowest BCUT2D eigenvalue weighted by molar-refractivity contribution is 0.101. The van der Waals surface area contributed by atoms with Gasteiger partial charge in [0.2, 0.25) is 0 Å². The van der Waals surface area contributed by atoms with E-state index >= 15 is 0 Å². The van der Waals surface area contributed by atoms with Crippen LogP contribution in [-0.4, -0.2) is 18.9 Å². The van der Waals surface area contributed by atoms with E-state index in [2.05, 4.69) is 11.4 Å². The van der Waals surface area contributed by atoms with E-state index in [9.17, 15) is 4.79 Å². The van der Waals surface area contributed by atoms with Gasteiger partial charge in [0.05, 0.1) is 0 Å². The number of nitrogens with one attached hydrogen (secondary N) is 1. The smallest absolute Gasteiger partial charge is 0.159 e. The third kappa shape index (κ3) is 2.93. The van der Waals surface area contributed by atoms with Crippen LogP contribution in [0.3, 0.4) is 0 Å². The third-order valence-corrected chi connectivity index (χ3v) is 3.55. The molecule has 0 spiro atoms. The molecule has 92 valence electrons. The van der Waals surface area contributed by atoms with Gasteiger partial charge in [-0.1, -0.05) is 18.2 Å². The van der Waals surface area contributed by atoms with E-state index in [0.717, 1.165) is 25.1 Å². The normalized spacial score (nSPS) is 24.6. The van der Waals surface area contributed by atoms with Gasteiger partial charge in [0.1, 0.15) is 0 Å². The minimum absolute atomic E-state index is 0.127. The number of piperidine rings is 1. The second kappa shape index (κ2) is 5.43. The van der Waals surface area contributed by atoms with Crippen molar-refractivity contribution in [2.45, 2.75) is 25.8 Å². The molecule has 1 aromatic rings. The molecule has 3 nitrogen and oxygen atoms in total. The van der Waals surface area contributed by atoms with E-state index in [1.165, 1.54) is 12.0 Å². The molecule has 1 aliphatic rings. The summed E-state index contributed by atoms with van der Waals surface area (Å²) in [7, 11) is 0. The molecular formula is C14H20N2O. The molecule has 0 aliphatic carbocycles. The molecule has 1 aromatic carbocycles. The lowest BCUT2D eigenvalue weighted by Gasteiger charge is -2.29. The fourth-order valence-corrected chi connectivity index (χ4v) is 2.38. The number of carbonyl (C=O) groups excluding carboxylic acids is 1. The Hall–Kier alpha value is -1.19. The Kier molecular flexibility index (Phi) is 3.92. The highest BCUT2D eigenvalue weighted by Crippen LogP contribution is 2.25. The van der Waals surface area contributed by atoms with E-state index in [1.54, 1.807) is 6.92 Å². The van der Waals surface area contributed by atoms with Crippen molar-refractivity contribution in [2.75, 3.05) is 13.1 Å². The summed E-state index contributed by atoms with van der Waals surface area (Å²) in [5.41, 5.74) is 7.68. The zero-order valence-corrected chi connectivity index (χ0v) is 10.3. The van der Waals surface area contributed by atoms with Gasteiger partial charge < -0.3 is 11.1 Å². The number of hydrogen-bond donors (Lipinski definition) is 2. The summed E-state index contributed by atoms with van der Waals surface area (Å²) in [5, 5.41) is 3.51. The zero-order chi connectivity index (χ0) is 12.3. The van der Waals surface area contributed by atoms with Gasteiger partial charge >= 0.3 is 0 Å². The Labute approximate surface area is 102 Å². The first-order chi connectivity index (χ1) is 8.20. The Balaban J connectivity index is 2.08. The van der Waals surface area contributed by atoms with Crippen LogP contribution >= 0.6 is 0 Å². The maximum absolute atomic E-state index is 11.3. The molecule has 17 heavy (non-hydrogen) atoms. The molecule has 0 bridgehead atoms. The first-order valence-corrected chi connectivity index (χ1v) is 6.25. The number of ketones is 1. The summed E-state index contributed by atoms with van der Waals surface area (Å²) in [6.07, 6.45) is 2.27. The molecule has 3 N–H and O–H groups in total. The highest BCUT2D eigenvalue weighted by atomic mass is 16.1. The molecule has 2 atom stereocenters. The van der Waals surface area contributed by atoms with Gasteiger partial charge in [-0.15, -0.1) is 0 Å². The standard InChI is InChI=1S/C14H20N2O/c1-10(17)12-3-2-4-13(7-12)14-6-5-11(8-15)9-16-14/h2-4,7,11,14,16H,5-6,8-9,15H2,1H3. The van der Waals surface area contributed by atoms with Crippen LogP contribution in [0.5, 0.6) is 0 Å². The largest absolute Gasteiger partial charge is 0.330 e. The van der Waals surface area contributed by atoms with Crippen LogP contribution in [0.4, 0.5) is 0 Å². The van der Waals surface area contributed by atoms with Crippen LogP contribution in [-0.2, 0) is 0 Å².